The molecule has 1 fully saturated rings. The lowest BCUT2D eigenvalue weighted by Crippen LogP contribution is -2.52. The molecule has 25 heavy (non-hydrogen) atoms. The van der Waals surface area contributed by atoms with Crippen LogP contribution in [0.25, 0.3) is 0 Å². The Labute approximate surface area is 149 Å². The molecule has 1 saturated heterocycles. The number of likely N-dealkylation sites (tertiary alicyclic amines) is 1. The highest BCUT2D eigenvalue weighted by molar-refractivity contribution is 7.89. The molecule has 8 heteroatoms. The first-order valence-corrected chi connectivity index (χ1v) is 10.2. The first-order valence-electron chi connectivity index (χ1n) is 8.78. The lowest BCUT2D eigenvalue weighted by atomic mass is 10.1. The Hall–Kier alpha value is -1.67. The molecule has 0 N–H and O–H groups in total. The van der Waals surface area contributed by atoms with Crippen LogP contribution in [0.5, 0.6) is 0 Å². The van der Waals surface area contributed by atoms with E-state index in [1.807, 2.05) is 32.7 Å². The zero-order valence-electron chi connectivity index (χ0n) is 15.2. The monoisotopic (exact) mass is 366 g/mol. The molecule has 3 heterocycles. The van der Waals surface area contributed by atoms with Gasteiger partial charge in [-0.1, -0.05) is 6.92 Å². The maximum absolute atomic E-state index is 13.3. The van der Waals surface area contributed by atoms with Crippen molar-refractivity contribution in [2.75, 3.05) is 25.0 Å². The van der Waals surface area contributed by atoms with Crippen LogP contribution in [0.2, 0.25) is 0 Å². The third kappa shape index (κ3) is 2.91. The topological polar surface area (TPSA) is 73.8 Å². The van der Waals surface area contributed by atoms with E-state index in [-0.39, 0.29) is 28.9 Å². The highest BCUT2D eigenvalue weighted by Crippen LogP contribution is 2.37. The molecule has 3 rings (SSSR count). The molecule has 0 spiro atoms. The number of aromatic nitrogens is 1. The molecule has 2 aliphatic heterocycles. The van der Waals surface area contributed by atoms with Gasteiger partial charge in [0.25, 0.3) is 0 Å². The lowest BCUT2D eigenvalue weighted by molar-refractivity contribution is -0.130. The van der Waals surface area contributed by atoms with E-state index in [1.165, 1.54) is 0 Å². The third-order valence-corrected chi connectivity index (χ3v) is 7.17. The number of rotatable bonds is 3. The van der Waals surface area contributed by atoms with Crippen LogP contribution in [0.4, 0.5) is 5.82 Å². The molecule has 2 atom stereocenters. The van der Waals surface area contributed by atoms with E-state index in [1.54, 1.807) is 27.5 Å². The maximum atomic E-state index is 13.3. The average Bonchev–Trinajstić information content (AvgIpc) is 2.96. The minimum absolute atomic E-state index is 0.0892. The van der Waals surface area contributed by atoms with E-state index in [9.17, 15) is 13.2 Å². The Kier molecular flexibility index (Phi) is 4.76. The number of hydrogen-bond donors (Lipinski definition) is 0. The number of pyridine rings is 1. The number of fused-ring (bicyclic) bond motifs is 2. The number of nitrogens with zero attached hydrogens (tertiary/aromatic N) is 4. The summed E-state index contributed by atoms with van der Waals surface area (Å²) >= 11 is 0. The predicted octanol–water partition coefficient (Wildman–Crippen LogP) is 1.31. The van der Waals surface area contributed by atoms with Crippen molar-refractivity contribution in [1.29, 1.82) is 0 Å². The fourth-order valence-electron chi connectivity index (χ4n) is 3.93. The van der Waals surface area contributed by atoms with Crippen LogP contribution in [0, 0.1) is 0 Å². The summed E-state index contributed by atoms with van der Waals surface area (Å²) in [7, 11) is -1.80. The van der Waals surface area contributed by atoms with Gasteiger partial charge in [-0.05, 0) is 32.4 Å². The van der Waals surface area contributed by atoms with Gasteiger partial charge in [-0.3, -0.25) is 4.79 Å². The van der Waals surface area contributed by atoms with Crippen molar-refractivity contribution in [3.8, 4) is 0 Å². The lowest BCUT2D eigenvalue weighted by Gasteiger charge is -2.33. The quantitative estimate of drug-likeness (QED) is 0.806. The minimum Gasteiger partial charge on any atom is -0.352 e. The Bertz CT molecular complexity index is 765. The molecule has 0 aliphatic carbocycles. The molecular weight excluding hydrogens is 340 g/mol. The first-order chi connectivity index (χ1) is 11.8. The normalized spacial score (nSPS) is 25.6. The highest BCUT2D eigenvalue weighted by Gasteiger charge is 2.49. The summed E-state index contributed by atoms with van der Waals surface area (Å²) in [5.74, 6) is 0.553. The molecule has 7 nitrogen and oxygen atoms in total. The van der Waals surface area contributed by atoms with Crippen LogP contribution >= 0.6 is 0 Å². The molecule has 0 radical (unpaired) electrons. The smallest absolute Gasteiger partial charge is 0.247 e. The van der Waals surface area contributed by atoms with Crippen LogP contribution in [-0.2, 0) is 14.8 Å². The molecule has 1 aromatic heterocycles. The van der Waals surface area contributed by atoms with Gasteiger partial charge in [-0.2, -0.15) is 4.31 Å². The SMILES string of the molecule is CCCC(=O)N1C[C@@H]2[C@H](C1)N(C(C)C)S(=O)(=O)c1cccnc1N2C. The van der Waals surface area contributed by atoms with Crippen molar-refractivity contribution >= 4 is 21.7 Å². The third-order valence-electron chi connectivity index (χ3n) is 5.05. The second kappa shape index (κ2) is 6.57. The number of likely N-dealkylation sites (N-methyl/N-ethyl adjacent to an activating group) is 1. The highest BCUT2D eigenvalue weighted by atomic mass is 32.2. The maximum Gasteiger partial charge on any atom is 0.247 e. The van der Waals surface area contributed by atoms with Gasteiger partial charge in [0.15, 0.2) is 0 Å². The predicted molar refractivity (Wildman–Crippen MR) is 95.9 cm³/mol. The molecule has 0 bridgehead atoms. The van der Waals surface area contributed by atoms with Gasteiger partial charge in [-0.25, -0.2) is 13.4 Å². The first kappa shape index (κ1) is 18.1. The summed E-state index contributed by atoms with van der Waals surface area (Å²) in [5.41, 5.74) is 0. The van der Waals surface area contributed by atoms with Gasteiger partial charge in [0, 0.05) is 38.8 Å². The van der Waals surface area contributed by atoms with E-state index >= 15 is 0 Å². The van der Waals surface area contributed by atoms with Crippen molar-refractivity contribution in [3.63, 3.8) is 0 Å². The van der Waals surface area contributed by atoms with Gasteiger partial charge >= 0.3 is 0 Å². The van der Waals surface area contributed by atoms with Gasteiger partial charge in [0.05, 0.1) is 12.1 Å². The summed E-state index contributed by atoms with van der Waals surface area (Å²) in [6, 6.07) is 2.70. The van der Waals surface area contributed by atoms with Gasteiger partial charge < -0.3 is 9.80 Å². The van der Waals surface area contributed by atoms with Crippen molar-refractivity contribution in [2.45, 2.75) is 56.6 Å². The Morgan fingerprint density at radius 3 is 2.64 bits per heavy atom. The molecule has 138 valence electrons. The molecule has 0 unspecified atom stereocenters. The number of sulfonamides is 1. The fraction of sp³-hybridized carbons (Fsp3) is 0.647. The number of hydrogen-bond acceptors (Lipinski definition) is 5. The summed E-state index contributed by atoms with van der Waals surface area (Å²) in [6.45, 7) is 6.69. The molecule has 2 aliphatic rings. The Balaban J connectivity index is 2.09. The van der Waals surface area contributed by atoms with Crippen LogP contribution in [0.15, 0.2) is 23.2 Å². The van der Waals surface area contributed by atoms with Gasteiger partial charge in [0.2, 0.25) is 15.9 Å². The van der Waals surface area contributed by atoms with Crippen LogP contribution in [-0.4, -0.2) is 66.8 Å². The summed E-state index contributed by atoms with van der Waals surface area (Å²) in [5, 5.41) is 0. The van der Waals surface area contributed by atoms with Crippen molar-refractivity contribution in [3.05, 3.63) is 18.3 Å². The standard InChI is InChI=1S/C17H26N4O3S/c1-5-7-16(22)20-10-13-14(11-20)21(12(2)3)25(23,24)15-8-6-9-18-17(15)19(13)4/h6,8-9,12-14H,5,7,10-11H2,1-4H3/t13-,14+/m1/s1. The Morgan fingerprint density at radius 1 is 1.32 bits per heavy atom. The summed E-state index contributed by atoms with van der Waals surface area (Å²) in [4.78, 5) is 20.7. The molecular formula is C17H26N4O3S. The molecule has 1 amide bonds. The second-order valence-electron chi connectivity index (χ2n) is 7.05. The van der Waals surface area contributed by atoms with E-state index in [4.69, 9.17) is 0 Å². The number of carbonyl (C=O) groups excluding carboxylic acids is 1. The van der Waals surface area contributed by atoms with E-state index in [0.29, 0.717) is 25.3 Å². The average molecular weight is 366 g/mol. The number of amides is 1. The van der Waals surface area contributed by atoms with Gasteiger partial charge in [0.1, 0.15) is 10.7 Å². The van der Waals surface area contributed by atoms with Gasteiger partial charge in [-0.15, -0.1) is 0 Å². The zero-order chi connectivity index (χ0) is 18.4. The zero-order valence-corrected chi connectivity index (χ0v) is 16.0. The van der Waals surface area contributed by atoms with Crippen LogP contribution in [0.3, 0.4) is 0 Å². The van der Waals surface area contributed by atoms with E-state index in [0.717, 1.165) is 6.42 Å². The summed E-state index contributed by atoms with van der Waals surface area (Å²) in [6.07, 6.45) is 2.89. The molecule has 0 saturated carbocycles. The van der Waals surface area contributed by atoms with E-state index < -0.39 is 10.0 Å². The van der Waals surface area contributed by atoms with Crippen molar-refractivity contribution < 1.29 is 13.2 Å². The number of carbonyl (C=O) groups is 1. The van der Waals surface area contributed by atoms with Crippen molar-refractivity contribution in [1.82, 2.24) is 14.2 Å². The van der Waals surface area contributed by atoms with Crippen LogP contribution < -0.4 is 4.90 Å². The van der Waals surface area contributed by atoms with E-state index in [2.05, 4.69) is 4.98 Å². The van der Waals surface area contributed by atoms with Crippen molar-refractivity contribution in [2.24, 2.45) is 0 Å². The Morgan fingerprint density at radius 2 is 2.00 bits per heavy atom. The summed E-state index contributed by atoms with van der Waals surface area (Å²) < 4.78 is 28.2. The largest absolute Gasteiger partial charge is 0.352 e. The van der Waals surface area contributed by atoms with Crippen LogP contribution in [0.1, 0.15) is 33.6 Å². The molecule has 0 aromatic carbocycles. The fourth-order valence-corrected chi connectivity index (χ4v) is 5.96. The minimum atomic E-state index is -3.68. The second-order valence-corrected chi connectivity index (χ2v) is 8.86. The molecule has 1 aromatic rings. The number of anilines is 1.